The highest BCUT2D eigenvalue weighted by Gasteiger charge is 2.17. The second-order valence-corrected chi connectivity index (χ2v) is 5.48. The predicted octanol–water partition coefficient (Wildman–Crippen LogP) is 3.61. The molecule has 0 aliphatic carbocycles. The van der Waals surface area contributed by atoms with E-state index in [0.29, 0.717) is 23.6 Å². The fourth-order valence-electron chi connectivity index (χ4n) is 2.01. The SMILES string of the molecule is CCCc1nc(-c2cccc(COC)c2)sc1C(=O)O. The molecule has 0 aliphatic heterocycles. The molecule has 4 nitrogen and oxygen atoms in total. The van der Waals surface area contributed by atoms with Gasteiger partial charge < -0.3 is 9.84 Å². The molecule has 2 rings (SSSR count). The fraction of sp³-hybridized carbons (Fsp3) is 0.333. The molecule has 0 saturated heterocycles. The van der Waals surface area contributed by atoms with Crippen molar-refractivity contribution in [3.63, 3.8) is 0 Å². The third-order valence-corrected chi connectivity index (χ3v) is 4.00. The second kappa shape index (κ2) is 6.63. The number of hydrogen-bond donors (Lipinski definition) is 1. The van der Waals surface area contributed by atoms with Crippen LogP contribution >= 0.6 is 11.3 Å². The minimum absolute atomic E-state index is 0.346. The Balaban J connectivity index is 2.39. The lowest BCUT2D eigenvalue weighted by Gasteiger charge is -2.01. The van der Waals surface area contributed by atoms with Crippen molar-refractivity contribution in [2.24, 2.45) is 0 Å². The Labute approximate surface area is 122 Å². The van der Waals surface area contributed by atoms with Gasteiger partial charge in [0.25, 0.3) is 0 Å². The molecule has 0 bridgehead atoms. The third kappa shape index (κ3) is 3.23. The topological polar surface area (TPSA) is 59.4 Å². The first kappa shape index (κ1) is 14.7. The van der Waals surface area contributed by atoms with Crippen LogP contribution in [0.3, 0.4) is 0 Å². The molecule has 0 saturated carbocycles. The van der Waals surface area contributed by atoms with E-state index in [1.807, 2.05) is 31.2 Å². The summed E-state index contributed by atoms with van der Waals surface area (Å²) in [5.74, 6) is -0.898. The lowest BCUT2D eigenvalue weighted by Crippen LogP contribution is -1.98. The summed E-state index contributed by atoms with van der Waals surface area (Å²) >= 11 is 1.24. The minimum atomic E-state index is -0.898. The molecule has 0 radical (unpaired) electrons. The zero-order valence-electron chi connectivity index (χ0n) is 11.5. The van der Waals surface area contributed by atoms with Gasteiger partial charge in [-0.05, 0) is 18.1 Å². The normalized spacial score (nSPS) is 10.7. The number of benzene rings is 1. The van der Waals surface area contributed by atoms with Crippen molar-refractivity contribution in [1.29, 1.82) is 0 Å². The average Bonchev–Trinajstić information content (AvgIpc) is 2.84. The first-order valence-corrected chi connectivity index (χ1v) is 7.28. The molecule has 106 valence electrons. The van der Waals surface area contributed by atoms with Gasteiger partial charge in [-0.25, -0.2) is 9.78 Å². The molecule has 1 heterocycles. The summed E-state index contributed by atoms with van der Waals surface area (Å²) in [7, 11) is 1.65. The third-order valence-electron chi connectivity index (χ3n) is 2.86. The van der Waals surface area contributed by atoms with E-state index in [9.17, 15) is 9.90 Å². The summed E-state index contributed by atoms with van der Waals surface area (Å²) < 4.78 is 5.11. The summed E-state index contributed by atoms with van der Waals surface area (Å²) in [6, 6.07) is 7.85. The molecular formula is C15H17NO3S. The molecule has 5 heteroatoms. The molecule has 0 fully saturated rings. The van der Waals surface area contributed by atoms with Crippen molar-refractivity contribution in [3.05, 3.63) is 40.4 Å². The van der Waals surface area contributed by atoms with Gasteiger partial charge in [-0.3, -0.25) is 0 Å². The van der Waals surface area contributed by atoms with Gasteiger partial charge >= 0.3 is 5.97 Å². The van der Waals surface area contributed by atoms with Crippen LogP contribution in [-0.4, -0.2) is 23.2 Å². The summed E-state index contributed by atoms with van der Waals surface area (Å²) in [5.41, 5.74) is 2.67. The maximum Gasteiger partial charge on any atom is 0.347 e. The van der Waals surface area contributed by atoms with Crippen molar-refractivity contribution in [3.8, 4) is 10.6 Å². The molecule has 1 aromatic carbocycles. The number of aryl methyl sites for hydroxylation is 1. The number of ether oxygens (including phenoxy) is 1. The lowest BCUT2D eigenvalue weighted by atomic mass is 10.1. The molecule has 0 spiro atoms. The van der Waals surface area contributed by atoms with E-state index in [4.69, 9.17) is 4.74 Å². The number of hydrogen-bond acceptors (Lipinski definition) is 4. The molecule has 2 aromatic rings. The average molecular weight is 291 g/mol. The van der Waals surface area contributed by atoms with Crippen LogP contribution in [-0.2, 0) is 17.8 Å². The highest BCUT2D eigenvalue weighted by molar-refractivity contribution is 7.17. The zero-order valence-corrected chi connectivity index (χ0v) is 12.4. The van der Waals surface area contributed by atoms with Crippen LogP contribution in [0.4, 0.5) is 0 Å². The van der Waals surface area contributed by atoms with Gasteiger partial charge in [0.15, 0.2) is 0 Å². The Morgan fingerprint density at radius 1 is 1.45 bits per heavy atom. The first-order chi connectivity index (χ1) is 9.65. The number of carbonyl (C=O) groups is 1. The number of aromatic nitrogens is 1. The van der Waals surface area contributed by atoms with Crippen molar-refractivity contribution < 1.29 is 14.6 Å². The number of thiazole rings is 1. The Morgan fingerprint density at radius 3 is 2.90 bits per heavy atom. The molecule has 1 N–H and O–H groups in total. The number of aromatic carboxylic acids is 1. The quantitative estimate of drug-likeness (QED) is 0.883. The summed E-state index contributed by atoms with van der Waals surface area (Å²) in [6.45, 7) is 2.55. The van der Waals surface area contributed by atoms with Crippen LogP contribution < -0.4 is 0 Å². The Bertz CT molecular complexity index is 607. The fourth-order valence-corrected chi connectivity index (χ4v) is 2.96. The summed E-state index contributed by atoms with van der Waals surface area (Å²) in [6.07, 6.45) is 1.57. The zero-order chi connectivity index (χ0) is 14.5. The van der Waals surface area contributed by atoms with Crippen LogP contribution in [0.25, 0.3) is 10.6 Å². The van der Waals surface area contributed by atoms with E-state index < -0.39 is 5.97 Å². The van der Waals surface area contributed by atoms with Gasteiger partial charge in [0.2, 0.25) is 0 Å². The van der Waals surface area contributed by atoms with Gasteiger partial charge in [-0.2, -0.15) is 0 Å². The molecule has 0 aliphatic rings. The van der Waals surface area contributed by atoms with Gasteiger partial charge in [0, 0.05) is 12.7 Å². The van der Waals surface area contributed by atoms with Crippen molar-refractivity contribution >= 4 is 17.3 Å². The van der Waals surface area contributed by atoms with E-state index >= 15 is 0 Å². The maximum atomic E-state index is 11.3. The predicted molar refractivity (Wildman–Crippen MR) is 79.2 cm³/mol. The van der Waals surface area contributed by atoms with Crippen molar-refractivity contribution in [2.45, 2.75) is 26.4 Å². The lowest BCUT2D eigenvalue weighted by molar-refractivity contribution is 0.0700. The van der Waals surface area contributed by atoms with E-state index in [1.165, 1.54) is 11.3 Å². The van der Waals surface area contributed by atoms with E-state index in [-0.39, 0.29) is 0 Å². The van der Waals surface area contributed by atoms with Crippen molar-refractivity contribution in [1.82, 2.24) is 4.98 Å². The molecule has 0 atom stereocenters. The number of carboxylic acids is 1. The molecule has 0 amide bonds. The monoisotopic (exact) mass is 291 g/mol. The van der Waals surface area contributed by atoms with Gasteiger partial charge in [0.1, 0.15) is 9.88 Å². The van der Waals surface area contributed by atoms with Crippen LogP contribution in [0.2, 0.25) is 0 Å². The summed E-state index contributed by atoms with van der Waals surface area (Å²) in [5, 5.41) is 10.00. The Hall–Kier alpha value is -1.72. The summed E-state index contributed by atoms with van der Waals surface area (Å²) in [4.78, 5) is 16.1. The van der Waals surface area contributed by atoms with E-state index in [1.54, 1.807) is 7.11 Å². The Morgan fingerprint density at radius 2 is 2.25 bits per heavy atom. The van der Waals surface area contributed by atoms with Gasteiger partial charge in [-0.15, -0.1) is 11.3 Å². The van der Waals surface area contributed by atoms with E-state index in [2.05, 4.69) is 4.98 Å². The number of rotatable bonds is 6. The highest BCUT2D eigenvalue weighted by Crippen LogP contribution is 2.29. The number of methoxy groups -OCH3 is 1. The molecule has 20 heavy (non-hydrogen) atoms. The highest BCUT2D eigenvalue weighted by atomic mass is 32.1. The van der Waals surface area contributed by atoms with Crippen LogP contribution in [0.5, 0.6) is 0 Å². The van der Waals surface area contributed by atoms with Crippen molar-refractivity contribution in [2.75, 3.05) is 7.11 Å². The molecule has 0 unspecified atom stereocenters. The number of carboxylic acid groups (broad SMARTS) is 1. The van der Waals surface area contributed by atoms with E-state index in [0.717, 1.165) is 22.6 Å². The van der Waals surface area contributed by atoms with Gasteiger partial charge in [0.05, 0.1) is 12.3 Å². The van der Waals surface area contributed by atoms with Crippen LogP contribution in [0.1, 0.15) is 34.3 Å². The van der Waals surface area contributed by atoms with Crippen LogP contribution in [0, 0.1) is 0 Å². The molecular weight excluding hydrogens is 274 g/mol. The Kier molecular flexibility index (Phi) is 4.87. The maximum absolute atomic E-state index is 11.3. The molecule has 1 aromatic heterocycles. The van der Waals surface area contributed by atoms with Crippen LogP contribution in [0.15, 0.2) is 24.3 Å². The number of nitrogens with zero attached hydrogens (tertiary/aromatic N) is 1. The largest absolute Gasteiger partial charge is 0.477 e. The first-order valence-electron chi connectivity index (χ1n) is 6.47. The standard InChI is InChI=1S/C15H17NO3S/c1-3-5-12-13(15(17)18)20-14(16-12)11-7-4-6-10(8-11)9-19-2/h4,6-8H,3,5,9H2,1-2H3,(H,17,18). The minimum Gasteiger partial charge on any atom is -0.477 e. The smallest absolute Gasteiger partial charge is 0.347 e. The second-order valence-electron chi connectivity index (χ2n) is 4.48. The van der Waals surface area contributed by atoms with Gasteiger partial charge in [-0.1, -0.05) is 31.5 Å².